The van der Waals surface area contributed by atoms with E-state index in [0.29, 0.717) is 13.0 Å². The fraction of sp³-hybridized carbons (Fsp3) is 0.462. The van der Waals surface area contributed by atoms with Crippen molar-refractivity contribution in [2.75, 3.05) is 7.11 Å². The van der Waals surface area contributed by atoms with Crippen molar-refractivity contribution in [2.24, 2.45) is 0 Å². The normalized spacial score (nSPS) is 12.1. The van der Waals surface area contributed by atoms with Crippen molar-refractivity contribution in [1.82, 2.24) is 0 Å². The standard InChI is InChI=1S/C13H18O3/c1-3-12(15-2)9-13(14)16-10-11-7-5-4-6-8-11/h4-8,12H,3,9-10H2,1-2H3. The number of rotatable bonds is 6. The lowest BCUT2D eigenvalue weighted by atomic mass is 10.2. The molecule has 0 heterocycles. The highest BCUT2D eigenvalue weighted by atomic mass is 16.5. The Labute approximate surface area is 96.4 Å². The summed E-state index contributed by atoms with van der Waals surface area (Å²) in [6, 6.07) is 9.64. The van der Waals surface area contributed by atoms with Crippen LogP contribution in [0.4, 0.5) is 0 Å². The first kappa shape index (κ1) is 12.7. The minimum absolute atomic E-state index is 0.0386. The molecule has 1 rings (SSSR count). The van der Waals surface area contributed by atoms with Gasteiger partial charge in [0, 0.05) is 7.11 Å². The van der Waals surface area contributed by atoms with Gasteiger partial charge in [0.1, 0.15) is 6.61 Å². The Bertz CT molecular complexity index is 304. The molecule has 1 atom stereocenters. The van der Waals surface area contributed by atoms with Crippen LogP contribution in [0.1, 0.15) is 25.3 Å². The van der Waals surface area contributed by atoms with Crippen molar-refractivity contribution in [3.63, 3.8) is 0 Å². The van der Waals surface area contributed by atoms with Crippen molar-refractivity contribution < 1.29 is 14.3 Å². The van der Waals surface area contributed by atoms with Crippen LogP contribution in [0.25, 0.3) is 0 Å². The summed E-state index contributed by atoms with van der Waals surface area (Å²) in [7, 11) is 1.61. The maximum absolute atomic E-state index is 11.4. The molecule has 3 nitrogen and oxygen atoms in total. The van der Waals surface area contributed by atoms with Gasteiger partial charge in [-0.15, -0.1) is 0 Å². The van der Waals surface area contributed by atoms with Gasteiger partial charge < -0.3 is 9.47 Å². The maximum atomic E-state index is 11.4. The van der Waals surface area contributed by atoms with Gasteiger partial charge in [0.25, 0.3) is 0 Å². The number of hydrogen-bond donors (Lipinski definition) is 0. The Balaban J connectivity index is 2.30. The van der Waals surface area contributed by atoms with E-state index in [1.165, 1.54) is 0 Å². The molecule has 0 aliphatic heterocycles. The third-order valence-electron chi connectivity index (χ3n) is 2.43. The summed E-state index contributed by atoms with van der Waals surface area (Å²) in [6.45, 7) is 2.32. The van der Waals surface area contributed by atoms with E-state index >= 15 is 0 Å². The van der Waals surface area contributed by atoms with E-state index < -0.39 is 0 Å². The molecule has 16 heavy (non-hydrogen) atoms. The van der Waals surface area contributed by atoms with E-state index in [9.17, 15) is 4.79 Å². The molecular weight excluding hydrogens is 204 g/mol. The second-order valence-corrected chi connectivity index (χ2v) is 3.62. The van der Waals surface area contributed by atoms with Crippen LogP contribution < -0.4 is 0 Å². The van der Waals surface area contributed by atoms with Crippen LogP contribution in [0.15, 0.2) is 30.3 Å². The van der Waals surface area contributed by atoms with Crippen molar-refractivity contribution >= 4 is 5.97 Å². The molecule has 3 heteroatoms. The summed E-state index contributed by atoms with van der Waals surface area (Å²) in [5, 5.41) is 0. The smallest absolute Gasteiger partial charge is 0.308 e. The monoisotopic (exact) mass is 222 g/mol. The zero-order valence-electron chi connectivity index (χ0n) is 9.81. The highest BCUT2D eigenvalue weighted by Crippen LogP contribution is 2.06. The van der Waals surface area contributed by atoms with Crippen molar-refractivity contribution in [3.05, 3.63) is 35.9 Å². The molecule has 0 aliphatic rings. The molecule has 0 aliphatic carbocycles. The third-order valence-corrected chi connectivity index (χ3v) is 2.43. The molecule has 0 saturated carbocycles. The molecule has 0 fully saturated rings. The first-order chi connectivity index (χ1) is 7.76. The lowest BCUT2D eigenvalue weighted by Gasteiger charge is -2.12. The maximum Gasteiger partial charge on any atom is 0.308 e. The van der Waals surface area contributed by atoms with Crippen LogP contribution in [0.5, 0.6) is 0 Å². The SMILES string of the molecule is CCC(CC(=O)OCc1ccccc1)OC. The Morgan fingerprint density at radius 2 is 2.00 bits per heavy atom. The van der Waals surface area contributed by atoms with E-state index in [1.54, 1.807) is 7.11 Å². The summed E-state index contributed by atoms with van der Waals surface area (Å²) < 4.78 is 10.3. The molecule has 1 aromatic carbocycles. The second kappa shape index (κ2) is 7.01. The van der Waals surface area contributed by atoms with Gasteiger partial charge in [-0.2, -0.15) is 0 Å². The molecule has 0 radical (unpaired) electrons. The lowest BCUT2D eigenvalue weighted by Crippen LogP contribution is -2.17. The fourth-order valence-electron chi connectivity index (χ4n) is 1.38. The van der Waals surface area contributed by atoms with E-state index in [0.717, 1.165) is 12.0 Å². The van der Waals surface area contributed by atoms with Crippen LogP contribution in [-0.4, -0.2) is 19.2 Å². The Kier molecular flexibility index (Phi) is 5.57. The Morgan fingerprint density at radius 1 is 1.31 bits per heavy atom. The largest absolute Gasteiger partial charge is 0.461 e. The number of carbonyl (C=O) groups excluding carboxylic acids is 1. The van der Waals surface area contributed by atoms with Crippen LogP contribution >= 0.6 is 0 Å². The summed E-state index contributed by atoms with van der Waals surface area (Å²) in [5.41, 5.74) is 1.00. The highest BCUT2D eigenvalue weighted by Gasteiger charge is 2.11. The average Bonchev–Trinajstić information content (AvgIpc) is 2.34. The minimum Gasteiger partial charge on any atom is -0.461 e. The summed E-state index contributed by atoms with van der Waals surface area (Å²) >= 11 is 0. The molecule has 1 unspecified atom stereocenters. The average molecular weight is 222 g/mol. The molecule has 0 aromatic heterocycles. The minimum atomic E-state index is -0.211. The summed E-state index contributed by atoms with van der Waals surface area (Å²) in [4.78, 5) is 11.4. The summed E-state index contributed by atoms with van der Waals surface area (Å²) in [5.74, 6) is -0.211. The molecule has 88 valence electrons. The molecule has 0 saturated heterocycles. The first-order valence-corrected chi connectivity index (χ1v) is 5.48. The third kappa shape index (κ3) is 4.45. The lowest BCUT2D eigenvalue weighted by molar-refractivity contribution is -0.147. The Hall–Kier alpha value is -1.35. The fourth-order valence-corrected chi connectivity index (χ4v) is 1.38. The number of esters is 1. The summed E-state index contributed by atoms with van der Waals surface area (Å²) in [6.07, 6.45) is 1.10. The number of benzene rings is 1. The van der Waals surface area contributed by atoms with Gasteiger partial charge in [0.15, 0.2) is 0 Å². The predicted octanol–water partition coefficient (Wildman–Crippen LogP) is 2.54. The molecular formula is C13H18O3. The number of hydrogen-bond acceptors (Lipinski definition) is 3. The topological polar surface area (TPSA) is 35.5 Å². The van der Waals surface area contributed by atoms with Crippen LogP contribution in [-0.2, 0) is 20.9 Å². The van der Waals surface area contributed by atoms with E-state index in [1.807, 2.05) is 37.3 Å². The Morgan fingerprint density at radius 3 is 2.56 bits per heavy atom. The van der Waals surface area contributed by atoms with Crippen LogP contribution in [0, 0.1) is 0 Å². The van der Waals surface area contributed by atoms with Crippen molar-refractivity contribution in [2.45, 2.75) is 32.5 Å². The van der Waals surface area contributed by atoms with Crippen molar-refractivity contribution in [1.29, 1.82) is 0 Å². The van der Waals surface area contributed by atoms with Crippen LogP contribution in [0.3, 0.4) is 0 Å². The predicted molar refractivity (Wildman–Crippen MR) is 61.9 cm³/mol. The molecule has 0 bridgehead atoms. The van der Waals surface area contributed by atoms with Gasteiger partial charge in [-0.1, -0.05) is 37.3 Å². The molecule has 1 aromatic rings. The highest BCUT2D eigenvalue weighted by molar-refractivity contribution is 5.69. The van der Waals surface area contributed by atoms with E-state index in [4.69, 9.17) is 9.47 Å². The quantitative estimate of drug-likeness (QED) is 0.694. The van der Waals surface area contributed by atoms with Gasteiger partial charge in [-0.3, -0.25) is 4.79 Å². The zero-order chi connectivity index (χ0) is 11.8. The van der Waals surface area contributed by atoms with Gasteiger partial charge in [0.2, 0.25) is 0 Å². The van der Waals surface area contributed by atoms with Gasteiger partial charge >= 0.3 is 5.97 Å². The number of carbonyl (C=O) groups is 1. The van der Waals surface area contributed by atoms with E-state index in [2.05, 4.69) is 0 Å². The number of ether oxygens (including phenoxy) is 2. The zero-order valence-corrected chi connectivity index (χ0v) is 9.81. The van der Waals surface area contributed by atoms with E-state index in [-0.39, 0.29) is 12.1 Å². The molecule has 0 N–H and O–H groups in total. The molecule has 0 amide bonds. The molecule has 0 spiro atoms. The first-order valence-electron chi connectivity index (χ1n) is 5.48. The van der Waals surface area contributed by atoms with Gasteiger partial charge in [-0.25, -0.2) is 0 Å². The van der Waals surface area contributed by atoms with Gasteiger partial charge in [-0.05, 0) is 12.0 Å². The number of methoxy groups -OCH3 is 1. The van der Waals surface area contributed by atoms with Crippen LogP contribution in [0.2, 0.25) is 0 Å². The second-order valence-electron chi connectivity index (χ2n) is 3.62. The van der Waals surface area contributed by atoms with Crippen molar-refractivity contribution in [3.8, 4) is 0 Å². The van der Waals surface area contributed by atoms with Gasteiger partial charge in [0.05, 0.1) is 12.5 Å².